The van der Waals surface area contributed by atoms with Crippen molar-refractivity contribution in [1.29, 1.82) is 0 Å². The van der Waals surface area contributed by atoms with Crippen molar-refractivity contribution in [3.05, 3.63) is 84.2 Å². The summed E-state index contributed by atoms with van der Waals surface area (Å²) >= 11 is 0. The van der Waals surface area contributed by atoms with Gasteiger partial charge in [-0.3, -0.25) is 0 Å². The first-order valence-corrected chi connectivity index (χ1v) is 10.3. The molecule has 5 rings (SSSR count). The van der Waals surface area contributed by atoms with Gasteiger partial charge in [0.15, 0.2) is 11.6 Å². The zero-order chi connectivity index (χ0) is 20.1. The van der Waals surface area contributed by atoms with Crippen molar-refractivity contribution in [2.24, 2.45) is 5.92 Å². The van der Waals surface area contributed by atoms with E-state index in [1.165, 1.54) is 11.3 Å². The topological polar surface area (TPSA) is 32.3 Å². The molecule has 0 spiro atoms. The molecule has 0 saturated carbocycles. The van der Waals surface area contributed by atoms with Crippen molar-refractivity contribution >= 4 is 23.0 Å². The van der Waals surface area contributed by atoms with Crippen LogP contribution in [0.5, 0.6) is 0 Å². The first-order chi connectivity index (χ1) is 14.1. The maximum atomic E-state index is 5.02. The summed E-state index contributed by atoms with van der Waals surface area (Å²) in [6.45, 7) is 10.5. The molecule has 1 aromatic heterocycles. The summed E-state index contributed by atoms with van der Waals surface area (Å²) in [6.07, 6.45) is 3.14. The Morgan fingerprint density at radius 3 is 2.21 bits per heavy atom. The van der Waals surface area contributed by atoms with Crippen molar-refractivity contribution in [3.8, 4) is 0 Å². The van der Waals surface area contributed by atoms with Gasteiger partial charge in [0.2, 0.25) is 0 Å². The van der Waals surface area contributed by atoms with Crippen molar-refractivity contribution in [2.45, 2.75) is 39.3 Å². The molecule has 146 valence electrons. The number of anilines is 4. The number of hydrogen-bond donors (Lipinski definition) is 0. The van der Waals surface area contributed by atoms with Gasteiger partial charge in [-0.2, -0.15) is 0 Å². The van der Waals surface area contributed by atoms with Crippen LogP contribution in [0.3, 0.4) is 0 Å². The van der Waals surface area contributed by atoms with E-state index in [0.29, 0.717) is 11.8 Å². The van der Waals surface area contributed by atoms with E-state index in [0.717, 1.165) is 35.1 Å². The van der Waals surface area contributed by atoms with Gasteiger partial charge in [0.25, 0.3) is 0 Å². The van der Waals surface area contributed by atoms with E-state index in [2.05, 4.69) is 77.9 Å². The molecule has 0 fully saturated rings. The minimum atomic E-state index is 0.133. The molecule has 2 aliphatic heterocycles. The predicted octanol–water partition coefficient (Wildman–Crippen LogP) is 6.02. The summed E-state index contributed by atoms with van der Waals surface area (Å²) in [6, 6.07) is 19.3. The Morgan fingerprint density at radius 1 is 0.897 bits per heavy atom. The maximum Gasteiger partial charge on any atom is 0.178 e. The van der Waals surface area contributed by atoms with Crippen molar-refractivity contribution in [3.63, 3.8) is 0 Å². The van der Waals surface area contributed by atoms with Gasteiger partial charge in [0, 0.05) is 17.3 Å². The second kappa shape index (κ2) is 6.73. The first kappa shape index (κ1) is 17.9. The third kappa shape index (κ3) is 2.59. The number of fused-ring (bicyclic) bond motifs is 5. The van der Waals surface area contributed by atoms with Crippen molar-refractivity contribution in [2.75, 3.05) is 9.80 Å². The van der Waals surface area contributed by atoms with Gasteiger partial charge in [-0.05, 0) is 49.9 Å². The van der Waals surface area contributed by atoms with E-state index in [1.807, 2.05) is 19.9 Å². The van der Waals surface area contributed by atoms with Gasteiger partial charge in [-0.15, -0.1) is 6.58 Å². The van der Waals surface area contributed by atoms with Crippen LogP contribution in [0.25, 0.3) is 0 Å². The molecular weight excluding hydrogens is 356 g/mol. The lowest BCUT2D eigenvalue weighted by molar-refractivity contribution is 0.368. The lowest BCUT2D eigenvalue weighted by Crippen LogP contribution is -2.48. The minimum absolute atomic E-state index is 0.133. The Labute approximate surface area is 172 Å². The Kier molecular flexibility index (Phi) is 4.16. The molecule has 0 saturated heterocycles. The van der Waals surface area contributed by atoms with Gasteiger partial charge in [-0.1, -0.05) is 49.4 Å². The Hall–Kier alpha value is -3.14. The maximum absolute atomic E-state index is 5.02. The van der Waals surface area contributed by atoms with Crippen LogP contribution in [0.4, 0.5) is 23.0 Å². The fourth-order valence-corrected chi connectivity index (χ4v) is 4.89. The number of para-hydroxylation sites is 2. The largest absolute Gasteiger partial charge is 0.302 e. The Morgan fingerprint density at radius 2 is 1.52 bits per heavy atom. The van der Waals surface area contributed by atoms with E-state index in [-0.39, 0.29) is 6.17 Å². The average molecular weight is 383 g/mol. The molecule has 0 amide bonds. The second-order valence-corrected chi connectivity index (χ2v) is 8.08. The SMILES string of the molecule is C=CCC1c2ccccc2N2c3nc(C)c(C)nc3N(c3ccccc3)C2C1C. The summed E-state index contributed by atoms with van der Waals surface area (Å²) in [4.78, 5) is 14.8. The highest BCUT2D eigenvalue weighted by molar-refractivity contribution is 5.86. The molecule has 4 nitrogen and oxygen atoms in total. The number of nitrogens with zero attached hydrogens (tertiary/aromatic N) is 4. The van der Waals surface area contributed by atoms with Gasteiger partial charge < -0.3 is 9.80 Å². The van der Waals surface area contributed by atoms with Crippen molar-refractivity contribution < 1.29 is 0 Å². The fraction of sp³-hybridized carbons (Fsp3) is 0.280. The molecule has 0 N–H and O–H groups in total. The summed E-state index contributed by atoms with van der Waals surface area (Å²) in [5.41, 5.74) is 5.72. The number of benzene rings is 2. The molecule has 3 atom stereocenters. The van der Waals surface area contributed by atoms with E-state index in [4.69, 9.17) is 9.97 Å². The molecule has 0 radical (unpaired) electrons. The highest BCUT2D eigenvalue weighted by atomic mass is 15.5. The highest BCUT2D eigenvalue weighted by Gasteiger charge is 2.49. The van der Waals surface area contributed by atoms with Gasteiger partial charge in [0.1, 0.15) is 6.17 Å². The molecular formula is C25H26N4. The van der Waals surface area contributed by atoms with Crippen molar-refractivity contribution in [1.82, 2.24) is 9.97 Å². The summed E-state index contributed by atoms with van der Waals surface area (Å²) in [5, 5.41) is 0. The molecule has 2 aliphatic rings. The third-order valence-electron chi connectivity index (χ3n) is 6.41. The molecule has 3 aromatic rings. The van der Waals surface area contributed by atoms with Crippen LogP contribution < -0.4 is 9.80 Å². The lowest BCUT2D eigenvalue weighted by Gasteiger charge is -2.45. The van der Waals surface area contributed by atoms with Gasteiger partial charge in [0.05, 0.1) is 11.4 Å². The van der Waals surface area contributed by atoms with E-state index in [9.17, 15) is 0 Å². The first-order valence-electron chi connectivity index (χ1n) is 10.3. The van der Waals surface area contributed by atoms with Gasteiger partial charge >= 0.3 is 0 Å². The van der Waals surface area contributed by atoms with Crippen LogP contribution in [0.1, 0.15) is 36.2 Å². The Bertz CT molecular complexity index is 1080. The number of rotatable bonds is 3. The lowest BCUT2D eigenvalue weighted by atomic mass is 9.78. The minimum Gasteiger partial charge on any atom is -0.302 e. The summed E-state index contributed by atoms with van der Waals surface area (Å²) in [5.74, 6) is 2.69. The third-order valence-corrected chi connectivity index (χ3v) is 6.41. The Balaban J connectivity index is 1.79. The number of aryl methyl sites for hydroxylation is 2. The molecule has 29 heavy (non-hydrogen) atoms. The summed E-state index contributed by atoms with van der Waals surface area (Å²) in [7, 11) is 0. The van der Waals surface area contributed by atoms with E-state index < -0.39 is 0 Å². The second-order valence-electron chi connectivity index (χ2n) is 8.08. The fourth-order valence-electron chi connectivity index (χ4n) is 4.89. The number of hydrogen-bond acceptors (Lipinski definition) is 4. The summed E-state index contributed by atoms with van der Waals surface area (Å²) < 4.78 is 0. The zero-order valence-corrected chi connectivity index (χ0v) is 17.2. The smallest absolute Gasteiger partial charge is 0.178 e. The predicted molar refractivity (Wildman–Crippen MR) is 119 cm³/mol. The van der Waals surface area contributed by atoms with Crippen LogP contribution >= 0.6 is 0 Å². The van der Waals surface area contributed by atoms with E-state index in [1.54, 1.807) is 0 Å². The number of aromatic nitrogens is 2. The number of allylic oxidation sites excluding steroid dienone is 1. The molecule has 2 aromatic carbocycles. The molecule has 0 aliphatic carbocycles. The average Bonchev–Trinajstić information content (AvgIpc) is 3.06. The van der Waals surface area contributed by atoms with E-state index >= 15 is 0 Å². The molecule has 3 heterocycles. The van der Waals surface area contributed by atoms with Crippen LogP contribution in [-0.2, 0) is 0 Å². The van der Waals surface area contributed by atoms with Crippen LogP contribution in [-0.4, -0.2) is 16.1 Å². The van der Waals surface area contributed by atoms with Gasteiger partial charge in [-0.25, -0.2) is 9.97 Å². The van der Waals surface area contributed by atoms with Crippen LogP contribution in [0, 0.1) is 19.8 Å². The van der Waals surface area contributed by atoms with Crippen LogP contribution in [0.2, 0.25) is 0 Å². The quantitative estimate of drug-likeness (QED) is 0.519. The highest BCUT2D eigenvalue weighted by Crippen LogP contribution is 2.55. The molecule has 4 heteroatoms. The van der Waals surface area contributed by atoms with Crippen LogP contribution in [0.15, 0.2) is 67.3 Å². The molecule has 0 bridgehead atoms. The standard InChI is InChI=1S/C25H26N4/c1-5-11-20-16(2)25-28(19-12-7-6-8-13-19)23-24(27-18(4)17(3)26-23)29(25)22-15-10-9-14-21(20)22/h5-10,12-16,20,25H,1,11H2,2-4H3. The monoisotopic (exact) mass is 382 g/mol. The zero-order valence-electron chi connectivity index (χ0n) is 17.2. The normalized spacial score (nSPS) is 22.1. The molecule has 3 unspecified atom stereocenters.